The largest absolute Gasteiger partial charge is 0.497 e. The molecule has 7 nitrogen and oxygen atoms in total. The minimum absolute atomic E-state index is 0.353. The average Bonchev–Trinajstić information content (AvgIpc) is 2.84. The maximum absolute atomic E-state index is 5.99. The molecule has 136 valence electrons. The van der Waals surface area contributed by atoms with Crippen LogP contribution < -0.4 is 20.5 Å². The number of benzene rings is 1. The third kappa shape index (κ3) is 4.65. The Bertz CT molecular complexity index is 752. The van der Waals surface area contributed by atoms with E-state index in [0.29, 0.717) is 18.3 Å². The first-order valence-electron chi connectivity index (χ1n) is 8.24. The van der Waals surface area contributed by atoms with E-state index in [1.165, 1.54) is 11.3 Å². The van der Waals surface area contributed by atoms with Crippen molar-refractivity contribution in [1.82, 2.24) is 9.78 Å². The number of guanidine groups is 1. The Balaban J connectivity index is 1.94. The van der Waals surface area contributed by atoms with Crippen molar-refractivity contribution in [3.05, 3.63) is 35.2 Å². The molecule has 0 atom stereocenters. The van der Waals surface area contributed by atoms with Gasteiger partial charge in [0.25, 0.3) is 0 Å². The summed E-state index contributed by atoms with van der Waals surface area (Å²) in [7, 11) is 5.19. The van der Waals surface area contributed by atoms with Crippen LogP contribution >= 0.6 is 0 Å². The molecule has 1 aromatic carbocycles. The molecule has 7 heteroatoms. The van der Waals surface area contributed by atoms with Gasteiger partial charge in [0.05, 0.1) is 25.6 Å². The predicted octanol–water partition coefficient (Wildman–Crippen LogP) is 2.41. The van der Waals surface area contributed by atoms with Gasteiger partial charge in [0.1, 0.15) is 11.5 Å². The van der Waals surface area contributed by atoms with E-state index in [4.69, 9.17) is 15.2 Å². The summed E-state index contributed by atoms with van der Waals surface area (Å²) < 4.78 is 12.5. The van der Waals surface area contributed by atoms with Crippen molar-refractivity contribution < 1.29 is 9.47 Å². The van der Waals surface area contributed by atoms with Crippen molar-refractivity contribution in [3.63, 3.8) is 0 Å². The fourth-order valence-corrected chi connectivity index (χ4v) is 2.72. The number of aliphatic imine (C=N–C) groups is 1. The molecule has 0 saturated carbocycles. The third-order valence-corrected chi connectivity index (χ3v) is 4.20. The van der Waals surface area contributed by atoms with Crippen LogP contribution in [-0.4, -0.2) is 36.5 Å². The molecule has 2 rings (SSSR count). The molecule has 0 aliphatic carbocycles. The zero-order chi connectivity index (χ0) is 18.4. The molecular formula is C18H27N5O2. The number of aromatic nitrogens is 2. The number of methoxy groups -OCH3 is 2. The average molecular weight is 345 g/mol. The van der Waals surface area contributed by atoms with Gasteiger partial charge in [-0.3, -0.25) is 9.67 Å². The summed E-state index contributed by atoms with van der Waals surface area (Å²) in [6.45, 7) is 4.76. The van der Waals surface area contributed by atoms with Crippen LogP contribution in [0.1, 0.15) is 23.4 Å². The molecule has 0 bridgehead atoms. The SMILES string of the molecule is COc1ccc(OC)c(NC(N)=NCCCc2c(C)nn(C)c2C)c1. The number of nitrogens with two attached hydrogens (primary N) is 1. The number of aryl methyl sites for hydroxylation is 2. The molecule has 1 heterocycles. The highest BCUT2D eigenvalue weighted by Gasteiger charge is 2.09. The lowest BCUT2D eigenvalue weighted by molar-refractivity contribution is 0.405. The van der Waals surface area contributed by atoms with Gasteiger partial charge in [-0.1, -0.05) is 0 Å². The van der Waals surface area contributed by atoms with Crippen LogP contribution in [0.15, 0.2) is 23.2 Å². The lowest BCUT2D eigenvalue weighted by Gasteiger charge is -2.12. The fourth-order valence-electron chi connectivity index (χ4n) is 2.72. The standard InChI is InChI=1S/C18H27N5O2/c1-12-15(13(2)23(3)22-12)7-6-10-20-18(19)21-16-11-14(24-4)8-9-17(16)25-5/h8-9,11H,6-7,10H2,1-5H3,(H3,19,20,21). The fraction of sp³-hybridized carbons (Fsp3) is 0.444. The van der Waals surface area contributed by atoms with Gasteiger partial charge in [0.15, 0.2) is 5.96 Å². The zero-order valence-electron chi connectivity index (χ0n) is 15.6. The van der Waals surface area contributed by atoms with Gasteiger partial charge in [-0.2, -0.15) is 5.10 Å². The van der Waals surface area contributed by atoms with Crippen LogP contribution in [0.5, 0.6) is 11.5 Å². The molecular weight excluding hydrogens is 318 g/mol. The van der Waals surface area contributed by atoms with Crippen LogP contribution in [0.3, 0.4) is 0 Å². The highest BCUT2D eigenvalue weighted by molar-refractivity contribution is 5.94. The Kier molecular flexibility index (Phi) is 6.27. The van der Waals surface area contributed by atoms with E-state index in [0.717, 1.165) is 30.0 Å². The molecule has 0 saturated heterocycles. The van der Waals surface area contributed by atoms with Crippen LogP contribution in [0.2, 0.25) is 0 Å². The lowest BCUT2D eigenvalue weighted by Crippen LogP contribution is -2.23. The van der Waals surface area contributed by atoms with E-state index in [2.05, 4.69) is 22.3 Å². The second kappa shape index (κ2) is 8.41. The Morgan fingerprint density at radius 2 is 2.04 bits per heavy atom. The summed E-state index contributed by atoms with van der Waals surface area (Å²) >= 11 is 0. The molecule has 0 aliphatic rings. The Morgan fingerprint density at radius 3 is 2.64 bits per heavy atom. The second-order valence-electron chi connectivity index (χ2n) is 5.83. The number of ether oxygens (including phenoxy) is 2. The van der Waals surface area contributed by atoms with Gasteiger partial charge in [0, 0.05) is 25.4 Å². The van der Waals surface area contributed by atoms with E-state index in [1.54, 1.807) is 14.2 Å². The molecule has 0 fully saturated rings. The second-order valence-corrected chi connectivity index (χ2v) is 5.83. The maximum atomic E-state index is 5.99. The number of hydrogen-bond acceptors (Lipinski definition) is 4. The molecule has 3 N–H and O–H groups in total. The molecule has 1 aromatic heterocycles. The van der Waals surface area contributed by atoms with Gasteiger partial charge in [-0.15, -0.1) is 0 Å². The number of nitrogens with zero attached hydrogens (tertiary/aromatic N) is 3. The van der Waals surface area contributed by atoms with E-state index < -0.39 is 0 Å². The highest BCUT2D eigenvalue weighted by atomic mass is 16.5. The maximum Gasteiger partial charge on any atom is 0.193 e. The first-order valence-corrected chi connectivity index (χ1v) is 8.24. The molecule has 0 unspecified atom stereocenters. The van der Waals surface area contributed by atoms with Crippen molar-refractivity contribution in [1.29, 1.82) is 0 Å². The lowest BCUT2D eigenvalue weighted by atomic mass is 10.1. The molecule has 0 spiro atoms. The van der Waals surface area contributed by atoms with Crippen molar-refractivity contribution >= 4 is 11.6 Å². The minimum Gasteiger partial charge on any atom is -0.497 e. The van der Waals surface area contributed by atoms with Gasteiger partial charge < -0.3 is 20.5 Å². The normalized spacial score (nSPS) is 11.5. The molecule has 25 heavy (non-hydrogen) atoms. The van der Waals surface area contributed by atoms with Crippen molar-refractivity contribution in [2.24, 2.45) is 17.8 Å². The van der Waals surface area contributed by atoms with Gasteiger partial charge in [0.2, 0.25) is 0 Å². The van der Waals surface area contributed by atoms with E-state index in [1.807, 2.05) is 36.9 Å². The first kappa shape index (κ1) is 18.6. The van der Waals surface area contributed by atoms with Crippen LogP contribution in [0.4, 0.5) is 5.69 Å². The van der Waals surface area contributed by atoms with Crippen LogP contribution in [0.25, 0.3) is 0 Å². The van der Waals surface area contributed by atoms with Crippen molar-refractivity contribution in [3.8, 4) is 11.5 Å². The summed E-state index contributed by atoms with van der Waals surface area (Å²) in [6, 6.07) is 5.47. The third-order valence-electron chi connectivity index (χ3n) is 4.20. The topological polar surface area (TPSA) is 86.7 Å². The summed E-state index contributed by atoms with van der Waals surface area (Å²) in [5.41, 5.74) is 10.3. The predicted molar refractivity (Wildman–Crippen MR) is 101 cm³/mol. The molecule has 0 aliphatic heterocycles. The number of nitrogens with one attached hydrogen (secondary N) is 1. The Labute approximate surface area is 148 Å². The summed E-state index contributed by atoms with van der Waals surface area (Å²) in [4.78, 5) is 4.39. The summed E-state index contributed by atoms with van der Waals surface area (Å²) in [5, 5.41) is 7.50. The quantitative estimate of drug-likeness (QED) is 0.457. The van der Waals surface area contributed by atoms with Gasteiger partial charge in [-0.05, 0) is 44.4 Å². The van der Waals surface area contributed by atoms with E-state index >= 15 is 0 Å². The Morgan fingerprint density at radius 1 is 1.28 bits per heavy atom. The molecule has 2 aromatic rings. The molecule has 0 radical (unpaired) electrons. The van der Waals surface area contributed by atoms with Gasteiger partial charge >= 0.3 is 0 Å². The minimum atomic E-state index is 0.353. The number of anilines is 1. The number of hydrogen-bond donors (Lipinski definition) is 2. The van der Waals surface area contributed by atoms with Crippen LogP contribution in [0, 0.1) is 13.8 Å². The van der Waals surface area contributed by atoms with Crippen LogP contribution in [-0.2, 0) is 13.5 Å². The summed E-state index contributed by atoms with van der Waals surface area (Å²) in [6.07, 6.45) is 1.84. The summed E-state index contributed by atoms with van der Waals surface area (Å²) in [5.74, 6) is 1.75. The Hall–Kier alpha value is -2.70. The highest BCUT2D eigenvalue weighted by Crippen LogP contribution is 2.28. The van der Waals surface area contributed by atoms with Crippen molar-refractivity contribution in [2.45, 2.75) is 26.7 Å². The van der Waals surface area contributed by atoms with E-state index in [9.17, 15) is 0 Å². The van der Waals surface area contributed by atoms with E-state index in [-0.39, 0.29) is 0 Å². The first-order chi connectivity index (χ1) is 12.0. The molecule has 0 amide bonds. The smallest absolute Gasteiger partial charge is 0.193 e. The van der Waals surface area contributed by atoms with Gasteiger partial charge in [-0.25, -0.2) is 0 Å². The van der Waals surface area contributed by atoms with Crippen molar-refractivity contribution in [2.75, 3.05) is 26.1 Å². The number of rotatable bonds is 7. The monoisotopic (exact) mass is 345 g/mol. The zero-order valence-corrected chi connectivity index (χ0v) is 15.6.